The van der Waals surface area contributed by atoms with Gasteiger partial charge in [0.1, 0.15) is 6.61 Å². The summed E-state index contributed by atoms with van der Waals surface area (Å²) in [4.78, 5) is 11.0. The van der Waals surface area contributed by atoms with Crippen LogP contribution in [-0.2, 0) is 17.8 Å². The van der Waals surface area contributed by atoms with Crippen molar-refractivity contribution in [3.05, 3.63) is 53.6 Å². The van der Waals surface area contributed by atoms with Gasteiger partial charge in [0.2, 0.25) is 5.91 Å². The Morgan fingerprint density at radius 3 is 2.75 bits per heavy atom. The molecule has 5 nitrogen and oxygen atoms in total. The van der Waals surface area contributed by atoms with E-state index in [1.54, 1.807) is 7.11 Å². The maximum atomic E-state index is 11.0. The smallest absolute Gasteiger partial charge is 0.221 e. The van der Waals surface area contributed by atoms with Crippen molar-refractivity contribution in [1.82, 2.24) is 5.32 Å². The quantitative estimate of drug-likeness (QED) is 0.887. The molecular formula is C19H22N2O3. The third kappa shape index (κ3) is 3.86. The summed E-state index contributed by atoms with van der Waals surface area (Å²) in [6, 6.07) is 14.1. The first-order chi connectivity index (χ1) is 11.7. The van der Waals surface area contributed by atoms with Crippen molar-refractivity contribution >= 4 is 11.6 Å². The van der Waals surface area contributed by atoms with Gasteiger partial charge in [0, 0.05) is 25.2 Å². The second-order valence-corrected chi connectivity index (χ2v) is 5.92. The van der Waals surface area contributed by atoms with Gasteiger partial charge in [0.15, 0.2) is 11.5 Å². The zero-order chi connectivity index (χ0) is 16.9. The Morgan fingerprint density at radius 1 is 1.25 bits per heavy atom. The minimum Gasteiger partial charge on any atom is -0.493 e. The van der Waals surface area contributed by atoms with E-state index in [9.17, 15) is 4.79 Å². The molecular weight excluding hydrogens is 304 g/mol. The van der Waals surface area contributed by atoms with Crippen molar-refractivity contribution in [3.8, 4) is 11.5 Å². The maximum Gasteiger partial charge on any atom is 0.221 e. The summed E-state index contributed by atoms with van der Waals surface area (Å²) < 4.78 is 11.2. The van der Waals surface area contributed by atoms with E-state index < -0.39 is 0 Å². The molecule has 0 fully saturated rings. The van der Waals surface area contributed by atoms with E-state index in [1.165, 1.54) is 18.1 Å². The predicted octanol–water partition coefficient (Wildman–Crippen LogP) is 2.75. The standard InChI is InChI=1S/C19H22N2O3/c1-13(22)21-16-8-6-14(7-9-16)11-20-17-10-15-4-3-5-18(23-2)19(15)24-12-17/h3-9,17,20H,10-12H2,1-2H3,(H,21,22). The van der Waals surface area contributed by atoms with Gasteiger partial charge < -0.3 is 20.1 Å². The first kappa shape index (κ1) is 16.3. The molecule has 1 aliphatic heterocycles. The molecule has 5 heteroatoms. The van der Waals surface area contributed by atoms with Gasteiger partial charge in [0.25, 0.3) is 0 Å². The molecule has 126 valence electrons. The fourth-order valence-electron chi connectivity index (χ4n) is 2.86. The Morgan fingerprint density at radius 2 is 2.04 bits per heavy atom. The van der Waals surface area contributed by atoms with Crippen LogP contribution in [0.2, 0.25) is 0 Å². The van der Waals surface area contributed by atoms with Gasteiger partial charge in [-0.05, 0) is 35.7 Å². The molecule has 0 saturated heterocycles. The molecule has 1 unspecified atom stereocenters. The van der Waals surface area contributed by atoms with E-state index in [2.05, 4.69) is 16.7 Å². The SMILES string of the molecule is COc1cccc2c1OCC(NCc1ccc(NC(C)=O)cc1)C2. The summed E-state index contributed by atoms with van der Waals surface area (Å²) in [7, 11) is 1.66. The number of anilines is 1. The van der Waals surface area contributed by atoms with Crippen LogP contribution in [0.1, 0.15) is 18.1 Å². The lowest BCUT2D eigenvalue weighted by Crippen LogP contribution is -2.38. The number of para-hydroxylation sites is 1. The molecule has 0 bridgehead atoms. The normalized spacial score (nSPS) is 16.0. The molecule has 2 aromatic rings. The van der Waals surface area contributed by atoms with Gasteiger partial charge in [-0.3, -0.25) is 4.79 Å². The topological polar surface area (TPSA) is 59.6 Å². The lowest BCUT2D eigenvalue weighted by molar-refractivity contribution is -0.114. The molecule has 3 rings (SSSR count). The fraction of sp³-hybridized carbons (Fsp3) is 0.316. The summed E-state index contributed by atoms with van der Waals surface area (Å²) in [6.45, 7) is 2.89. The van der Waals surface area contributed by atoms with Crippen molar-refractivity contribution in [1.29, 1.82) is 0 Å². The molecule has 0 saturated carbocycles. The van der Waals surface area contributed by atoms with Crippen molar-refractivity contribution in [2.45, 2.75) is 25.9 Å². The highest BCUT2D eigenvalue weighted by atomic mass is 16.5. The summed E-state index contributed by atoms with van der Waals surface area (Å²) in [5.41, 5.74) is 3.15. The van der Waals surface area contributed by atoms with Crippen LogP contribution in [-0.4, -0.2) is 25.7 Å². The summed E-state index contributed by atoms with van der Waals surface area (Å²) >= 11 is 0. The molecule has 24 heavy (non-hydrogen) atoms. The number of ether oxygens (including phenoxy) is 2. The Labute approximate surface area is 142 Å². The molecule has 0 radical (unpaired) electrons. The Kier molecular flexibility index (Phi) is 5.01. The summed E-state index contributed by atoms with van der Waals surface area (Å²) in [5.74, 6) is 1.59. The number of hydrogen-bond donors (Lipinski definition) is 2. The molecule has 2 N–H and O–H groups in total. The largest absolute Gasteiger partial charge is 0.493 e. The number of fused-ring (bicyclic) bond motifs is 1. The molecule has 0 aromatic heterocycles. The number of methoxy groups -OCH3 is 1. The van der Waals surface area contributed by atoms with Crippen LogP contribution in [0.15, 0.2) is 42.5 Å². The highest BCUT2D eigenvalue weighted by Gasteiger charge is 2.22. The van der Waals surface area contributed by atoms with Crippen LogP contribution in [0.3, 0.4) is 0 Å². The Hall–Kier alpha value is -2.53. The summed E-state index contributed by atoms with van der Waals surface area (Å²) in [5, 5.41) is 6.29. The highest BCUT2D eigenvalue weighted by Crippen LogP contribution is 2.34. The lowest BCUT2D eigenvalue weighted by Gasteiger charge is -2.27. The van der Waals surface area contributed by atoms with Gasteiger partial charge in [-0.2, -0.15) is 0 Å². The number of carbonyl (C=O) groups is 1. The highest BCUT2D eigenvalue weighted by molar-refractivity contribution is 5.88. The molecule has 1 amide bonds. The van der Waals surface area contributed by atoms with Crippen LogP contribution in [0.5, 0.6) is 11.5 Å². The minimum absolute atomic E-state index is 0.0608. The van der Waals surface area contributed by atoms with Crippen LogP contribution < -0.4 is 20.1 Å². The first-order valence-corrected chi connectivity index (χ1v) is 8.04. The van der Waals surface area contributed by atoms with E-state index in [0.29, 0.717) is 6.61 Å². The molecule has 2 aromatic carbocycles. The third-order valence-electron chi connectivity index (χ3n) is 4.04. The van der Waals surface area contributed by atoms with E-state index >= 15 is 0 Å². The first-order valence-electron chi connectivity index (χ1n) is 8.04. The number of amides is 1. The van der Waals surface area contributed by atoms with Crippen molar-refractivity contribution in [2.24, 2.45) is 0 Å². The number of hydrogen-bond acceptors (Lipinski definition) is 4. The summed E-state index contributed by atoms with van der Waals surface area (Å²) in [6.07, 6.45) is 0.913. The predicted molar refractivity (Wildman–Crippen MR) is 93.6 cm³/mol. The lowest BCUT2D eigenvalue weighted by atomic mass is 10.0. The second kappa shape index (κ2) is 7.36. The number of benzene rings is 2. The van der Waals surface area contributed by atoms with Gasteiger partial charge in [0.05, 0.1) is 7.11 Å². The Balaban J connectivity index is 1.57. The van der Waals surface area contributed by atoms with Crippen molar-refractivity contribution in [3.63, 3.8) is 0 Å². The molecule has 1 heterocycles. The molecule has 1 aliphatic rings. The van der Waals surface area contributed by atoms with Crippen LogP contribution in [0, 0.1) is 0 Å². The number of nitrogens with one attached hydrogen (secondary N) is 2. The van der Waals surface area contributed by atoms with Crippen LogP contribution in [0.25, 0.3) is 0 Å². The zero-order valence-corrected chi connectivity index (χ0v) is 14.0. The zero-order valence-electron chi connectivity index (χ0n) is 14.0. The van der Waals surface area contributed by atoms with E-state index in [-0.39, 0.29) is 11.9 Å². The Bertz CT molecular complexity index is 713. The van der Waals surface area contributed by atoms with Gasteiger partial charge in [-0.25, -0.2) is 0 Å². The monoisotopic (exact) mass is 326 g/mol. The van der Waals surface area contributed by atoms with Crippen LogP contribution in [0.4, 0.5) is 5.69 Å². The van der Waals surface area contributed by atoms with Gasteiger partial charge >= 0.3 is 0 Å². The average molecular weight is 326 g/mol. The second-order valence-electron chi connectivity index (χ2n) is 5.92. The van der Waals surface area contributed by atoms with Gasteiger partial charge in [-0.15, -0.1) is 0 Å². The van der Waals surface area contributed by atoms with Gasteiger partial charge in [-0.1, -0.05) is 24.3 Å². The average Bonchev–Trinajstić information content (AvgIpc) is 2.60. The maximum absolute atomic E-state index is 11.0. The number of rotatable bonds is 5. The molecule has 0 aliphatic carbocycles. The van der Waals surface area contributed by atoms with Crippen LogP contribution >= 0.6 is 0 Å². The van der Waals surface area contributed by atoms with Crippen molar-refractivity contribution < 1.29 is 14.3 Å². The number of carbonyl (C=O) groups excluding carboxylic acids is 1. The molecule has 0 spiro atoms. The van der Waals surface area contributed by atoms with E-state index in [4.69, 9.17) is 9.47 Å². The van der Waals surface area contributed by atoms with Crippen molar-refractivity contribution in [2.75, 3.05) is 19.0 Å². The van der Waals surface area contributed by atoms with E-state index in [1.807, 2.05) is 36.4 Å². The molecule has 1 atom stereocenters. The minimum atomic E-state index is -0.0608. The van der Waals surface area contributed by atoms with E-state index in [0.717, 1.165) is 30.2 Å². The third-order valence-corrected chi connectivity index (χ3v) is 4.04. The fourth-order valence-corrected chi connectivity index (χ4v) is 2.86.